The van der Waals surface area contributed by atoms with Crippen LogP contribution in [0.1, 0.15) is 12.5 Å². The van der Waals surface area contributed by atoms with Crippen LogP contribution in [0, 0.1) is 17.0 Å². The molecule has 0 aliphatic heterocycles. The molecule has 0 spiro atoms. The summed E-state index contributed by atoms with van der Waals surface area (Å²) in [5.74, 6) is -0.213. The molecule has 0 fully saturated rings. The summed E-state index contributed by atoms with van der Waals surface area (Å²) in [6, 6.07) is 3.13. The highest BCUT2D eigenvalue weighted by molar-refractivity contribution is 7.22. The molecule has 1 aromatic carbocycles. The van der Waals surface area contributed by atoms with Gasteiger partial charge in [-0.15, -0.1) is 0 Å². The Balaban J connectivity index is 2.54. The second-order valence-electron chi connectivity index (χ2n) is 3.56. The average molecular weight is 251 g/mol. The molecule has 0 aliphatic carbocycles. The maximum Gasteiger partial charge on any atom is 0.274 e. The first-order valence-corrected chi connectivity index (χ1v) is 5.62. The van der Waals surface area contributed by atoms with Gasteiger partial charge in [0.25, 0.3) is 5.69 Å². The lowest BCUT2D eigenvalue weighted by molar-refractivity contribution is -0.385. The number of nitrogens with zero attached hydrogens (tertiary/aromatic N) is 2. The van der Waals surface area contributed by atoms with Crippen LogP contribution in [0.3, 0.4) is 0 Å². The van der Waals surface area contributed by atoms with Gasteiger partial charge in [-0.2, -0.15) is 0 Å². The van der Waals surface area contributed by atoms with Crippen molar-refractivity contribution in [2.24, 2.45) is 0 Å². The summed E-state index contributed by atoms with van der Waals surface area (Å²) in [5.41, 5.74) is 1.15. The minimum absolute atomic E-state index is 0.0391. The van der Waals surface area contributed by atoms with Crippen LogP contribution in [-0.4, -0.2) is 15.8 Å². The Morgan fingerprint density at radius 1 is 1.53 bits per heavy atom. The Morgan fingerprint density at radius 3 is 2.82 bits per heavy atom. The Labute approximate surface area is 100 Å². The van der Waals surface area contributed by atoms with Gasteiger partial charge in [-0.3, -0.25) is 14.9 Å². The van der Waals surface area contributed by atoms with E-state index in [2.05, 4.69) is 10.3 Å². The topological polar surface area (TPSA) is 85.1 Å². The van der Waals surface area contributed by atoms with Crippen LogP contribution in [0.5, 0.6) is 0 Å². The van der Waals surface area contributed by atoms with Gasteiger partial charge in [0.1, 0.15) is 0 Å². The van der Waals surface area contributed by atoms with E-state index in [9.17, 15) is 14.9 Å². The third-order valence-corrected chi connectivity index (χ3v) is 3.12. The summed E-state index contributed by atoms with van der Waals surface area (Å²) < 4.78 is 0.817. The molecule has 2 aromatic rings. The van der Waals surface area contributed by atoms with Crippen molar-refractivity contribution in [3.05, 3.63) is 27.8 Å². The molecule has 0 saturated carbocycles. The van der Waals surface area contributed by atoms with Crippen LogP contribution >= 0.6 is 11.3 Å². The standard InChI is InChI=1S/C10H9N3O3S/c1-5-3-9-7(4-8(5)13(15)16)12-10(17-9)11-6(2)14/h3-4H,1-2H3,(H,11,12,14). The van der Waals surface area contributed by atoms with E-state index in [1.807, 2.05) is 0 Å². The number of nitro groups is 1. The highest BCUT2D eigenvalue weighted by Crippen LogP contribution is 2.31. The van der Waals surface area contributed by atoms with Gasteiger partial charge in [0.15, 0.2) is 5.13 Å². The van der Waals surface area contributed by atoms with Gasteiger partial charge in [-0.25, -0.2) is 4.98 Å². The summed E-state index contributed by atoms with van der Waals surface area (Å²) in [4.78, 5) is 25.3. The number of aryl methyl sites for hydroxylation is 1. The van der Waals surface area contributed by atoms with Crippen molar-refractivity contribution >= 4 is 38.3 Å². The first kappa shape index (κ1) is 11.5. The number of nitrogens with one attached hydrogen (secondary N) is 1. The molecular weight excluding hydrogens is 242 g/mol. The monoisotopic (exact) mass is 251 g/mol. The summed E-state index contributed by atoms with van der Waals surface area (Å²) in [5, 5.41) is 13.8. The second-order valence-corrected chi connectivity index (χ2v) is 4.59. The fraction of sp³-hybridized carbons (Fsp3) is 0.200. The molecule has 1 heterocycles. The minimum atomic E-state index is -0.438. The average Bonchev–Trinajstić information content (AvgIpc) is 2.56. The number of carbonyl (C=O) groups excluding carboxylic acids is 1. The molecule has 0 atom stereocenters. The largest absolute Gasteiger partial charge is 0.302 e. The van der Waals surface area contributed by atoms with Crippen molar-refractivity contribution in [3.8, 4) is 0 Å². The normalized spacial score (nSPS) is 10.5. The zero-order valence-electron chi connectivity index (χ0n) is 9.18. The van der Waals surface area contributed by atoms with Gasteiger partial charge in [0, 0.05) is 18.6 Å². The highest BCUT2D eigenvalue weighted by atomic mass is 32.1. The predicted octanol–water partition coefficient (Wildman–Crippen LogP) is 2.47. The molecule has 0 unspecified atom stereocenters. The molecule has 17 heavy (non-hydrogen) atoms. The molecular formula is C10H9N3O3S. The van der Waals surface area contributed by atoms with Crippen molar-refractivity contribution in [2.45, 2.75) is 13.8 Å². The molecule has 88 valence electrons. The van der Waals surface area contributed by atoms with E-state index in [0.717, 1.165) is 4.70 Å². The van der Waals surface area contributed by atoms with E-state index in [-0.39, 0.29) is 11.6 Å². The molecule has 0 bridgehead atoms. The number of thiazole rings is 1. The van der Waals surface area contributed by atoms with E-state index < -0.39 is 4.92 Å². The van der Waals surface area contributed by atoms with Gasteiger partial charge in [0.05, 0.1) is 15.1 Å². The Morgan fingerprint density at radius 2 is 2.24 bits per heavy atom. The zero-order chi connectivity index (χ0) is 12.6. The van der Waals surface area contributed by atoms with E-state index in [0.29, 0.717) is 16.2 Å². The Hall–Kier alpha value is -2.02. The van der Waals surface area contributed by atoms with Gasteiger partial charge >= 0.3 is 0 Å². The first-order chi connectivity index (χ1) is 7.97. The molecule has 1 aromatic heterocycles. The number of anilines is 1. The second kappa shape index (κ2) is 4.10. The molecule has 1 N–H and O–H groups in total. The van der Waals surface area contributed by atoms with Crippen LogP contribution in [-0.2, 0) is 4.79 Å². The Kier molecular flexibility index (Phi) is 2.76. The van der Waals surface area contributed by atoms with E-state index >= 15 is 0 Å². The van der Waals surface area contributed by atoms with Gasteiger partial charge in [-0.05, 0) is 13.0 Å². The highest BCUT2D eigenvalue weighted by Gasteiger charge is 2.14. The maximum absolute atomic E-state index is 10.9. The summed E-state index contributed by atoms with van der Waals surface area (Å²) in [6.45, 7) is 3.06. The van der Waals surface area contributed by atoms with Crippen LogP contribution in [0.15, 0.2) is 12.1 Å². The molecule has 0 radical (unpaired) electrons. The van der Waals surface area contributed by atoms with E-state index in [1.54, 1.807) is 13.0 Å². The minimum Gasteiger partial charge on any atom is -0.302 e. The smallest absolute Gasteiger partial charge is 0.274 e. The fourth-order valence-corrected chi connectivity index (χ4v) is 2.46. The Bertz CT molecular complexity index is 621. The van der Waals surface area contributed by atoms with Crippen LogP contribution < -0.4 is 5.32 Å². The number of amides is 1. The van der Waals surface area contributed by atoms with Crippen LogP contribution in [0.25, 0.3) is 10.2 Å². The van der Waals surface area contributed by atoms with Crippen LogP contribution in [0.4, 0.5) is 10.8 Å². The maximum atomic E-state index is 10.9. The van der Waals surface area contributed by atoms with E-state index in [4.69, 9.17) is 0 Å². The predicted molar refractivity (Wildman–Crippen MR) is 65.3 cm³/mol. The number of benzene rings is 1. The third-order valence-electron chi connectivity index (χ3n) is 2.19. The number of nitro benzene ring substituents is 1. The van der Waals surface area contributed by atoms with Crippen molar-refractivity contribution in [1.29, 1.82) is 0 Å². The van der Waals surface area contributed by atoms with Crippen molar-refractivity contribution in [2.75, 3.05) is 5.32 Å². The molecule has 7 heteroatoms. The van der Waals surface area contributed by atoms with Crippen LogP contribution in [0.2, 0.25) is 0 Å². The molecule has 0 aliphatic rings. The summed E-state index contributed by atoms with van der Waals surface area (Å²) in [7, 11) is 0. The lowest BCUT2D eigenvalue weighted by Gasteiger charge is -1.95. The quantitative estimate of drug-likeness (QED) is 0.656. The lowest BCUT2D eigenvalue weighted by atomic mass is 10.2. The first-order valence-electron chi connectivity index (χ1n) is 4.80. The number of hydrogen-bond donors (Lipinski definition) is 1. The summed E-state index contributed by atoms with van der Waals surface area (Å²) in [6.07, 6.45) is 0. The van der Waals surface area contributed by atoms with Gasteiger partial charge < -0.3 is 5.32 Å². The van der Waals surface area contributed by atoms with Crippen molar-refractivity contribution in [3.63, 3.8) is 0 Å². The summed E-state index contributed by atoms with van der Waals surface area (Å²) >= 11 is 1.29. The van der Waals surface area contributed by atoms with Crippen molar-refractivity contribution in [1.82, 2.24) is 4.98 Å². The number of rotatable bonds is 2. The molecule has 6 nitrogen and oxygen atoms in total. The van der Waals surface area contributed by atoms with Gasteiger partial charge in [-0.1, -0.05) is 11.3 Å². The molecule has 2 rings (SSSR count). The number of carbonyl (C=O) groups is 1. The van der Waals surface area contributed by atoms with E-state index in [1.165, 1.54) is 24.3 Å². The number of hydrogen-bond acceptors (Lipinski definition) is 5. The van der Waals surface area contributed by atoms with Gasteiger partial charge in [0.2, 0.25) is 5.91 Å². The zero-order valence-corrected chi connectivity index (χ0v) is 10.00. The van der Waals surface area contributed by atoms with Crippen molar-refractivity contribution < 1.29 is 9.72 Å². The lowest BCUT2D eigenvalue weighted by Crippen LogP contribution is -2.04. The SMILES string of the molecule is CC(=O)Nc1nc2cc([N+](=O)[O-])c(C)cc2s1. The molecule has 0 saturated heterocycles. The fourth-order valence-electron chi connectivity index (χ4n) is 1.47. The molecule has 1 amide bonds. The third kappa shape index (κ3) is 2.23. The number of aromatic nitrogens is 1. The number of fused-ring (bicyclic) bond motifs is 1.